The lowest BCUT2D eigenvalue weighted by molar-refractivity contribution is -0.251. The Balaban J connectivity index is 2.52. The van der Waals surface area contributed by atoms with Gasteiger partial charge in [-0.1, -0.05) is 9.70 Å². The zero-order chi connectivity index (χ0) is 22.4. The molecule has 30 heavy (non-hydrogen) atoms. The van der Waals surface area contributed by atoms with Gasteiger partial charge >= 0.3 is 23.9 Å². The highest BCUT2D eigenvalue weighted by molar-refractivity contribution is 7.02. The zero-order valence-electron chi connectivity index (χ0n) is 17.0. The lowest BCUT2D eigenvalue weighted by atomic mass is 9.97. The molecule has 0 radical (unpaired) electrons. The minimum Gasteiger partial charge on any atom is -0.463 e. The van der Waals surface area contributed by atoms with Crippen LogP contribution in [0, 0.1) is 0 Å². The Morgan fingerprint density at radius 1 is 0.967 bits per heavy atom. The van der Waals surface area contributed by atoms with Crippen molar-refractivity contribution in [3.8, 4) is 0 Å². The number of ether oxygens (including phenoxy) is 5. The van der Waals surface area contributed by atoms with Crippen molar-refractivity contribution in [2.45, 2.75) is 58.3 Å². The second-order valence-electron chi connectivity index (χ2n) is 6.29. The second-order valence-corrected chi connectivity index (χ2v) is 7.00. The summed E-state index contributed by atoms with van der Waals surface area (Å²) in [4.78, 5) is 51.1. The van der Waals surface area contributed by atoms with E-state index in [4.69, 9.17) is 23.7 Å². The van der Waals surface area contributed by atoms with Gasteiger partial charge in [0.1, 0.15) is 12.7 Å². The van der Waals surface area contributed by atoms with Gasteiger partial charge in [-0.15, -0.1) is 0 Å². The topological polar surface area (TPSA) is 158 Å². The molecule has 0 spiro atoms. The van der Waals surface area contributed by atoms with Gasteiger partial charge in [0.05, 0.1) is 0 Å². The third-order valence-electron chi connectivity index (χ3n) is 3.77. The number of esters is 4. The first kappa shape index (κ1) is 23.4. The molecule has 0 saturated carbocycles. The molecule has 0 amide bonds. The van der Waals surface area contributed by atoms with Gasteiger partial charge in [-0.3, -0.25) is 19.2 Å². The molecule has 1 aliphatic rings. The zero-order valence-corrected chi connectivity index (χ0v) is 17.8. The van der Waals surface area contributed by atoms with Crippen LogP contribution >= 0.6 is 11.5 Å². The van der Waals surface area contributed by atoms with Crippen LogP contribution in [0.3, 0.4) is 0 Å². The van der Waals surface area contributed by atoms with Crippen LogP contribution in [0.4, 0.5) is 0 Å². The fourth-order valence-electron chi connectivity index (χ4n) is 2.73. The van der Waals surface area contributed by atoms with E-state index < -0.39 is 54.5 Å². The van der Waals surface area contributed by atoms with Gasteiger partial charge in [-0.2, -0.15) is 0 Å². The van der Waals surface area contributed by atoms with E-state index in [1.165, 1.54) is 11.6 Å². The van der Waals surface area contributed by atoms with E-state index >= 15 is 0 Å². The molecule has 0 bridgehead atoms. The van der Waals surface area contributed by atoms with Crippen LogP contribution in [0.5, 0.6) is 0 Å². The minimum absolute atomic E-state index is 0.316. The first-order valence-corrected chi connectivity index (χ1v) is 9.55. The van der Waals surface area contributed by atoms with Gasteiger partial charge in [0, 0.05) is 46.3 Å². The van der Waals surface area contributed by atoms with E-state index in [-0.39, 0.29) is 6.61 Å². The third-order valence-corrected chi connectivity index (χ3v) is 4.46. The van der Waals surface area contributed by atoms with Gasteiger partial charge in [0.2, 0.25) is 4.80 Å². The Morgan fingerprint density at radius 2 is 1.53 bits per heavy atom. The molecule has 1 aromatic heterocycles. The maximum Gasteiger partial charge on any atom is 0.303 e. The first-order chi connectivity index (χ1) is 14.1. The van der Waals surface area contributed by atoms with E-state index in [1.54, 1.807) is 7.05 Å². The first-order valence-electron chi connectivity index (χ1n) is 8.78. The molecule has 14 heteroatoms. The molecular formula is C16H22N4O9S. The van der Waals surface area contributed by atoms with Gasteiger partial charge in [-0.05, 0) is 0 Å². The summed E-state index contributed by atoms with van der Waals surface area (Å²) in [6.07, 6.45) is -6.01. The van der Waals surface area contributed by atoms with Crippen molar-refractivity contribution in [2.75, 3.05) is 6.61 Å². The van der Waals surface area contributed by atoms with Gasteiger partial charge in [-0.25, -0.2) is 9.67 Å². The largest absolute Gasteiger partial charge is 0.463 e. The Kier molecular flexibility index (Phi) is 8.00. The van der Waals surface area contributed by atoms with Crippen molar-refractivity contribution in [3.05, 3.63) is 4.80 Å². The number of aryl methyl sites for hydroxylation is 1. The molecule has 2 heterocycles. The number of carbonyl (C=O) groups is 4. The summed E-state index contributed by atoms with van der Waals surface area (Å²) in [5.41, 5.74) is 0. The summed E-state index contributed by atoms with van der Waals surface area (Å²) < 4.78 is 31.9. The average Bonchev–Trinajstić information content (AvgIpc) is 3.02. The van der Waals surface area contributed by atoms with Crippen LogP contribution in [-0.2, 0) is 49.9 Å². The maximum absolute atomic E-state index is 11.7. The molecule has 0 N–H and O–H groups in total. The summed E-state index contributed by atoms with van der Waals surface area (Å²) in [5.74, 6) is -2.72. The molecule has 1 fully saturated rings. The number of aromatic nitrogens is 3. The third kappa shape index (κ3) is 6.32. The van der Waals surface area contributed by atoms with Crippen LogP contribution in [-0.4, -0.2) is 75.5 Å². The van der Waals surface area contributed by atoms with Crippen molar-refractivity contribution >= 4 is 35.4 Å². The van der Waals surface area contributed by atoms with Gasteiger partial charge in [0.25, 0.3) is 0 Å². The van der Waals surface area contributed by atoms with Crippen molar-refractivity contribution in [2.24, 2.45) is 12.0 Å². The molecule has 0 unspecified atom stereocenters. The Labute approximate surface area is 175 Å². The van der Waals surface area contributed by atoms with E-state index in [2.05, 4.69) is 14.7 Å². The molecule has 0 aromatic carbocycles. The van der Waals surface area contributed by atoms with Crippen molar-refractivity contribution < 1.29 is 42.9 Å². The molecule has 1 saturated heterocycles. The molecule has 1 aromatic rings. The summed E-state index contributed by atoms with van der Waals surface area (Å²) in [5, 5.41) is 3.77. The molecule has 5 atom stereocenters. The maximum atomic E-state index is 11.7. The minimum atomic E-state index is -1.27. The fourth-order valence-corrected chi connectivity index (χ4v) is 3.26. The average molecular weight is 446 g/mol. The molecule has 13 nitrogen and oxygen atoms in total. The molecule has 0 aliphatic carbocycles. The number of carbonyl (C=O) groups excluding carboxylic acids is 4. The van der Waals surface area contributed by atoms with Crippen LogP contribution in [0.1, 0.15) is 27.7 Å². The van der Waals surface area contributed by atoms with Crippen LogP contribution in [0.15, 0.2) is 4.99 Å². The highest BCUT2D eigenvalue weighted by atomic mass is 32.1. The quantitative estimate of drug-likeness (QED) is 0.384. The normalized spacial score (nSPS) is 26.6. The second kappa shape index (κ2) is 10.2. The van der Waals surface area contributed by atoms with E-state index in [9.17, 15) is 19.2 Å². The van der Waals surface area contributed by atoms with Crippen LogP contribution < -0.4 is 4.80 Å². The number of rotatable bonds is 6. The Bertz CT molecular complexity index is 867. The summed E-state index contributed by atoms with van der Waals surface area (Å²) in [6, 6.07) is 0. The number of hydrogen-bond donors (Lipinski definition) is 0. The monoisotopic (exact) mass is 446 g/mol. The molecule has 1 aliphatic heterocycles. The summed E-state index contributed by atoms with van der Waals surface area (Å²) in [6.45, 7) is 4.32. The van der Waals surface area contributed by atoms with E-state index in [0.29, 0.717) is 4.80 Å². The standard InChI is InChI=1S/C16H22N4O9S/c1-7(21)25-6-11-12(26-8(2)22)13(27-9(3)23)14(28-10(4)24)15(29-11)17-16-20(5)18-19-30-16/h11-15H,6H2,1-5H3/b17-16+/t11-,12-,13+,14-,15-/m1/s1. The highest BCUT2D eigenvalue weighted by Crippen LogP contribution is 2.29. The predicted octanol–water partition coefficient (Wildman–Crippen LogP) is -1.14. The van der Waals surface area contributed by atoms with Gasteiger partial charge < -0.3 is 23.7 Å². The Hall–Kier alpha value is -2.87. The van der Waals surface area contributed by atoms with E-state index in [0.717, 1.165) is 32.3 Å². The smallest absolute Gasteiger partial charge is 0.303 e. The van der Waals surface area contributed by atoms with Gasteiger partial charge in [0.15, 0.2) is 24.5 Å². The number of nitrogens with zero attached hydrogens (tertiary/aromatic N) is 4. The van der Waals surface area contributed by atoms with Crippen LogP contribution in [0.2, 0.25) is 0 Å². The van der Waals surface area contributed by atoms with Crippen LogP contribution in [0.25, 0.3) is 0 Å². The fraction of sp³-hybridized carbons (Fsp3) is 0.688. The summed E-state index contributed by atoms with van der Waals surface area (Å²) in [7, 11) is 1.59. The highest BCUT2D eigenvalue weighted by Gasteiger charge is 2.52. The Morgan fingerprint density at radius 3 is 2.03 bits per heavy atom. The SMILES string of the molecule is CC(=O)OC[C@H]1O[C@@H](/N=c2/snnn2C)[C@H](OC(C)=O)[C@@H](OC(C)=O)[C@@H]1OC(C)=O. The molecule has 2 rings (SSSR count). The molecular weight excluding hydrogens is 424 g/mol. The lowest BCUT2D eigenvalue weighted by Gasteiger charge is -2.42. The summed E-state index contributed by atoms with van der Waals surface area (Å²) >= 11 is 0.946. The van der Waals surface area contributed by atoms with Crippen molar-refractivity contribution in [1.82, 2.24) is 14.4 Å². The predicted molar refractivity (Wildman–Crippen MR) is 96.4 cm³/mol. The van der Waals surface area contributed by atoms with Crippen molar-refractivity contribution in [1.29, 1.82) is 0 Å². The van der Waals surface area contributed by atoms with Crippen molar-refractivity contribution in [3.63, 3.8) is 0 Å². The molecule has 166 valence electrons. The number of hydrogen-bond acceptors (Lipinski definition) is 13. The lowest BCUT2D eigenvalue weighted by Crippen LogP contribution is -2.62. The van der Waals surface area contributed by atoms with E-state index in [1.807, 2.05) is 0 Å².